The molecule has 10 nitrogen and oxygen atoms in total. The monoisotopic (exact) mass is 456 g/mol. The molecule has 0 saturated carbocycles. The second-order valence-electron chi connectivity index (χ2n) is 7.85. The Morgan fingerprint density at radius 3 is 2.79 bits per heavy atom. The van der Waals surface area contributed by atoms with E-state index in [0.29, 0.717) is 6.54 Å². The van der Waals surface area contributed by atoms with Crippen molar-refractivity contribution in [2.24, 2.45) is 0 Å². The summed E-state index contributed by atoms with van der Waals surface area (Å²) in [5, 5.41) is 22.5. The molecule has 0 spiro atoms. The van der Waals surface area contributed by atoms with Crippen molar-refractivity contribution in [1.29, 1.82) is 0 Å². The van der Waals surface area contributed by atoms with Crippen molar-refractivity contribution in [3.8, 4) is 5.75 Å². The number of fused-ring (bicyclic) bond motifs is 1. The fourth-order valence-electron chi connectivity index (χ4n) is 3.80. The SMILES string of the molecule is CCCCNc1nc(N)nc2cnn(Cc3ccc(C4CNCCN4)cc3OC)c12.CCO. The third-order valence-corrected chi connectivity index (χ3v) is 5.40. The molecule has 1 aliphatic rings. The number of hydrogen-bond acceptors (Lipinski definition) is 9. The summed E-state index contributed by atoms with van der Waals surface area (Å²) in [7, 11) is 1.71. The van der Waals surface area contributed by atoms with E-state index in [1.54, 1.807) is 20.2 Å². The van der Waals surface area contributed by atoms with Crippen LogP contribution in [0.5, 0.6) is 5.75 Å². The number of unbranched alkanes of at least 4 members (excludes halogenated alkanes) is 1. The third-order valence-electron chi connectivity index (χ3n) is 5.40. The van der Waals surface area contributed by atoms with E-state index < -0.39 is 0 Å². The minimum Gasteiger partial charge on any atom is -0.496 e. The summed E-state index contributed by atoms with van der Waals surface area (Å²) < 4.78 is 7.61. The molecule has 3 aromatic rings. The van der Waals surface area contributed by atoms with Gasteiger partial charge in [-0.2, -0.15) is 10.1 Å². The van der Waals surface area contributed by atoms with Crippen molar-refractivity contribution < 1.29 is 9.84 Å². The van der Waals surface area contributed by atoms with Gasteiger partial charge in [0.05, 0.1) is 19.9 Å². The van der Waals surface area contributed by atoms with E-state index in [1.807, 2.05) is 4.68 Å². The molecule has 1 atom stereocenters. The number of nitrogens with one attached hydrogen (secondary N) is 3. The molecule has 0 aliphatic carbocycles. The van der Waals surface area contributed by atoms with E-state index in [-0.39, 0.29) is 18.6 Å². The molecule has 6 N–H and O–H groups in total. The smallest absolute Gasteiger partial charge is 0.222 e. The first-order valence-electron chi connectivity index (χ1n) is 11.6. The minimum absolute atomic E-state index is 0.247. The van der Waals surface area contributed by atoms with E-state index in [0.717, 1.165) is 67.2 Å². The molecule has 0 radical (unpaired) electrons. The average Bonchev–Trinajstić information content (AvgIpc) is 3.23. The number of aliphatic hydroxyl groups excluding tert-OH is 1. The number of ether oxygens (including phenoxy) is 1. The van der Waals surface area contributed by atoms with Crippen LogP contribution in [0, 0.1) is 0 Å². The van der Waals surface area contributed by atoms with E-state index in [4.69, 9.17) is 15.6 Å². The molecule has 1 unspecified atom stereocenters. The lowest BCUT2D eigenvalue weighted by atomic mass is 10.0. The summed E-state index contributed by atoms with van der Waals surface area (Å²) in [6.07, 6.45) is 3.89. The molecule has 1 aromatic carbocycles. The minimum atomic E-state index is 0.247. The van der Waals surface area contributed by atoms with E-state index >= 15 is 0 Å². The van der Waals surface area contributed by atoms with Gasteiger partial charge >= 0.3 is 0 Å². The van der Waals surface area contributed by atoms with Crippen LogP contribution in [-0.4, -0.2) is 64.8 Å². The number of nitrogen functional groups attached to an aromatic ring is 1. The molecule has 1 saturated heterocycles. The Labute approximate surface area is 194 Å². The first-order valence-corrected chi connectivity index (χ1v) is 11.6. The number of anilines is 2. The van der Waals surface area contributed by atoms with E-state index in [2.05, 4.69) is 56.1 Å². The highest BCUT2D eigenvalue weighted by Gasteiger charge is 2.18. The highest BCUT2D eigenvalue weighted by atomic mass is 16.5. The van der Waals surface area contributed by atoms with Gasteiger partial charge in [0.25, 0.3) is 0 Å². The number of aliphatic hydroxyl groups is 1. The molecule has 180 valence electrons. The first kappa shape index (κ1) is 24.7. The van der Waals surface area contributed by atoms with Crippen molar-refractivity contribution in [1.82, 2.24) is 30.4 Å². The van der Waals surface area contributed by atoms with Crippen molar-refractivity contribution in [3.63, 3.8) is 0 Å². The molecule has 3 heterocycles. The molecule has 2 aromatic heterocycles. The van der Waals surface area contributed by atoms with Gasteiger partial charge in [0.1, 0.15) is 16.8 Å². The highest BCUT2D eigenvalue weighted by Crippen LogP contribution is 2.27. The van der Waals surface area contributed by atoms with Gasteiger partial charge in [-0.25, -0.2) is 4.98 Å². The summed E-state index contributed by atoms with van der Waals surface area (Å²) >= 11 is 0. The van der Waals surface area contributed by atoms with Gasteiger partial charge in [-0.15, -0.1) is 0 Å². The lowest BCUT2D eigenvalue weighted by molar-refractivity contribution is 0.318. The maximum Gasteiger partial charge on any atom is 0.222 e. The Hall–Kier alpha value is -2.95. The van der Waals surface area contributed by atoms with Gasteiger partial charge in [0, 0.05) is 44.4 Å². The second-order valence-corrected chi connectivity index (χ2v) is 7.85. The number of benzene rings is 1. The van der Waals surface area contributed by atoms with Crippen LogP contribution in [0.1, 0.15) is 43.9 Å². The maximum absolute atomic E-state index is 7.57. The second kappa shape index (κ2) is 12.3. The zero-order valence-electron chi connectivity index (χ0n) is 19.8. The normalized spacial score (nSPS) is 15.7. The summed E-state index contributed by atoms with van der Waals surface area (Å²) in [6.45, 7) is 8.35. The quantitative estimate of drug-likeness (QED) is 0.322. The Bertz CT molecular complexity index is 1020. The third kappa shape index (κ3) is 6.31. The fourth-order valence-corrected chi connectivity index (χ4v) is 3.80. The number of aromatic nitrogens is 4. The Kier molecular flexibility index (Phi) is 9.23. The maximum atomic E-state index is 7.57. The number of nitrogens with two attached hydrogens (primary N) is 1. The molecule has 1 fully saturated rings. The summed E-state index contributed by atoms with van der Waals surface area (Å²) in [5.41, 5.74) is 9.74. The van der Waals surface area contributed by atoms with Crippen molar-refractivity contribution in [2.45, 2.75) is 39.3 Å². The average molecular weight is 457 g/mol. The summed E-state index contributed by atoms with van der Waals surface area (Å²) in [6, 6.07) is 6.67. The first-order chi connectivity index (χ1) is 16.1. The largest absolute Gasteiger partial charge is 0.496 e. The van der Waals surface area contributed by atoms with Crippen LogP contribution in [-0.2, 0) is 6.54 Å². The van der Waals surface area contributed by atoms with Crippen molar-refractivity contribution in [3.05, 3.63) is 35.5 Å². The molecular weight excluding hydrogens is 420 g/mol. The molecule has 33 heavy (non-hydrogen) atoms. The number of nitrogens with zero attached hydrogens (tertiary/aromatic N) is 4. The summed E-state index contributed by atoms with van der Waals surface area (Å²) in [4.78, 5) is 8.76. The lowest BCUT2D eigenvalue weighted by Gasteiger charge is -2.25. The Morgan fingerprint density at radius 1 is 1.27 bits per heavy atom. The molecular formula is C23H36N8O2. The van der Waals surface area contributed by atoms with Crippen molar-refractivity contribution >= 4 is 22.8 Å². The van der Waals surface area contributed by atoms with Crippen LogP contribution < -0.4 is 26.4 Å². The highest BCUT2D eigenvalue weighted by molar-refractivity contribution is 5.86. The van der Waals surface area contributed by atoms with Gasteiger partial charge in [-0.3, -0.25) is 4.68 Å². The van der Waals surface area contributed by atoms with E-state index in [1.165, 1.54) is 5.56 Å². The fraction of sp³-hybridized carbons (Fsp3) is 0.522. The Morgan fingerprint density at radius 2 is 2.09 bits per heavy atom. The van der Waals surface area contributed by atoms with Crippen molar-refractivity contribution in [2.75, 3.05) is 50.9 Å². The number of hydrogen-bond donors (Lipinski definition) is 5. The van der Waals surface area contributed by atoms with Crippen LogP contribution in [0.25, 0.3) is 11.0 Å². The predicted molar refractivity (Wildman–Crippen MR) is 132 cm³/mol. The standard InChI is InChI=1S/C21H30N8O.C2H6O/c1-3-4-7-25-20-19-17(27-21(22)28-20)12-26-29(19)13-15-6-5-14(10-18(15)30-2)16-11-23-8-9-24-16;1-2-3/h5-6,10,12,16,23-24H,3-4,7-9,11,13H2,1-2H3,(H3,22,25,27,28);3H,2H2,1H3. The zero-order valence-corrected chi connectivity index (χ0v) is 19.8. The lowest BCUT2D eigenvalue weighted by Crippen LogP contribution is -2.42. The van der Waals surface area contributed by atoms with Gasteiger partial charge in [0.15, 0.2) is 5.82 Å². The van der Waals surface area contributed by atoms with Gasteiger partial charge in [0.2, 0.25) is 5.95 Å². The molecule has 4 rings (SSSR count). The van der Waals surface area contributed by atoms with Crippen LogP contribution in [0.4, 0.5) is 11.8 Å². The molecule has 0 bridgehead atoms. The molecule has 0 amide bonds. The number of methoxy groups -OCH3 is 1. The van der Waals surface area contributed by atoms with Gasteiger partial charge in [-0.05, 0) is 25.0 Å². The Balaban J connectivity index is 0.000000968. The number of piperazine rings is 1. The van der Waals surface area contributed by atoms with Crippen LogP contribution in [0.15, 0.2) is 24.4 Å². The van der Waals surface area contributed by atoms with Gasteiger partial charge < -0.3 is 31.5 Å². The predicted octanol–water partition coefficient (Wildman–Crippen LogP) is 1.91. The van der Waals surface area contributed by atoms with Crippen LogP contribution in [0.2, 0.25) is 0 Å². The van der Waals surface area contributed by atoms with Crippen LogP contribution in [0.3, 0.4) is 0 Å². The molecule has 1 aliphatic heterocycles. The topological polar surface area (TPSA) is 135 Å². The molecule has 10 heteroatoms. The zero-order chi connectivity index (χ0) is 23.6. The van der Waals surface area contributed by atoms with E-state index in [9.17, 15) is 0 Å². The van der Waals surface area contributed by atoms with Crippen LogP contribution >= 0.6 is 0 Å². The van der Waals surface area contributed by atoms with Gasteiger partial charge in [-0.1, -0.05) is 25.5 Å². The number of rotatable bonds is 8. The summed E-state index contributed by atoms with van der Waals surface area (Å²) in [5.74, 6) is 1.81.